The Morgan fingerprint density at radius 1 is 1.18 bits per heavy atom. The average molecular weight is 550 g/mol. The molecule has 2 fully saturated rings. The Bertz CT molecular complexity index is 1270. The first-order valence-corrected chi connectivity index (χ1v) is 13.7. The summed E-state index contributed by atoms with van der Waals surface area (Å²) in [6, 6.07) is 6.96. The number of amides is 1. The molecule has 4 rings (SSSR count). The highest BCUT2D eigenvalue weighted by molar-refractivity contribution is 6.31. The van der Waals surface area contributed by atoms with E-state index in [1.165, 1.54) is 0 Å². The number of rotatable bonds is 7. The second kappa shape index (κ2) is 11.9. The second-order valence-electron chi connectivity index (χ2n) is 11.5. The third kappa shape index (κ3) is 6.53. The van der Waals surface area contributed by atoms with Gasteiger partial charge in [-0.1, -0.05) is 45.2 Å². The van der Waals surface area contributed by atoms with Gasteiger partial charge in [0.2, 0.25) is 0 Å². The van der Waals surface area contributed by atoms with Crippen LogP contribution in [-0.4, -0.2) is 63.8 Å². The van der Waals surface area contributed by atoms with Crippen LogP contribution in [0.3, 0.4) is 0 Å². The van der Waals surface area contributed by atoms with Crippen LogP contribution in [0.25, 0.3) is 0 Å². The number of nitrogens with zero attached hydrogens (tertiary/aromatic N) is 4. The zero-order valence-corrected chi connectivity index (χ0v) is 23.8. The van der Waals surface area contributed by atoms with Gasteiger partial charge in [-0.15, -0.1) is 5.92 Å². The Hall–Kier alpha value is -3.17. The number of hydrogen-bond acceptors (Lipinski definition) is 7. The van der Waals surface area contributed by atoms with E-state index in [9.17, 15) is 9.90 Å². The van der Waals surface area contributed by atoms with Gasteiger partial charge in [-0.05, 0) is 25.0 Å². The standard InChI is InChI=1S/C30H36ClN5O3/c1-29(2)27(30(3,4)28(29)39-23-10-9-20(17-32)24(31)16-23)35-26(38)21-18-33-25(34-19-21)8-6-5-7-13-36-14-11-22(37)12-15-36/h9-10,16,18-19,22,27-28,37H,6,8,11-15H2,1-4H3,(H,35,38). The molecule has 0 unspecified atom stereocenters. The maximum atomic E-state index is 13.1. The lowest BCUT2D eigenvalue weighted by molar-refractivity contribution is -0.164. The molecule has 0 atom stereocenters. The number of carbonyl (C=O) groups excluding carboxylic acids is 1. The van der Waals surface area contributed by atoms with Gasteiger partial charge < -0.3 is 15.2 Å². The van der Waals surface area contributed by atoms with Crippen molar-refractivity contribution in [3.8, 4) is 23.7 Å². The summed E-state index contributed by atoms with van der Waals surface area (Å²) in [5.74, 6) is 7.39. The van der Waals surface area contributed by atoms with Gasteiger partial charge in [0, 0.05) is 61.3 Å². The predicted octanol–water partition coefficient (Wildman–Crippen LogP) is 4.01. The average Bonchev–Trinajstić information content (AvgIpc) is 2.91. The Kier molecular flexibility index (Phi) is 8.81. The number of aliphatic hydroxyl groups excluding tert-OH is 1. The lowest BCUT2D eigenvalue weighted by Gasteiger charge is -2.63. The summed E-state index contributed by atoms with van der Waals surface area (Å²) < 4.78 is 6.29. The quantitative estimate of drug-likeness (QED) is 0.502. The molecule has 1 aliphatic carbocycles. The fourth-order valence-electron chi connectivity index (χ4n) is 5.92. The number of aromatic nitrogens is 2. The minimum atomic E-state index is -0.354. The minimum absolute atomic E-state index is 0.144. The van der Waals surface area contributed by atoms with Crippen LogP contribution in [0.2, 0.25) is 5.02 Å². The molecule has 2 aromatic rings. The number of piperidine rings is 1. The smallest absolute Gasteiger partial charge is 0.254 e. The Morgan fingerprint density at radius 3 is 2.46 bits per heavy atom. The number of aliphatic hydroxyl groups is 1. The zero-order chi connectivity index (χ0) is 28.2. The summed E-state index contributed by atoms with van der Waals surface area (Å²) in [6.45, 7) is 10.7. The van der Waals surface area contributed by atoms with E-state index in [-0.39, 0.29) is 35.0 Å². The fraction of sp³-hybridized carbons (Fsp3) is 0.533. The molecule has 1 amide bonds. The molecule has 1 aromatic heterocycles. The van der Waals surface area contributed by atoms with Crippen molar-refractivity contribution in [1.82, 2.24) is 20.2 Å². The topological polar surface area (TPSA) is 111 Å². The van der Waals surface area contributed by atoms with E-state index < -0.39 is 0 Å². The minimum Gasteiger partial charge on any atom is -0.489 e. The highest BCUT2D eigenvalue weighted by atomic mass is 35.5. The van der Waals surface area contributed by atoms with E-state index >= 15 is 0 Å². The number of likely N-dealkylation sites (tertiary alicyclic amines) is 1. The van der Waals surface area contributed by atoms with Crippen molar-refractivity contribution in [3.63, 3.8) is 0 Å². The van der Waals surface area contributed by atoms with Crippen LogP contribution < -0.4 is 10.1 Å². The predicted molar refractivity (Wildman–Crippen MR) is 149 cm³/mol. The van der Waals surface area contributed by atoms with Crippen molar-refractivity contribution in [2.24, 2.45) is 10.8 Å². The first kappa shape index (κ1) is 28.8. The fourth-order valence-corrected chi connectivity index (χ4v) is 6.13. The molecule has 1 saturated carbocycles. The van der Waals surface area contributed by atoms with Crippen LogP contribution in [0.15, 0.2) is 30.6 Å². The Balaban J connectivity index is 1.28. The molecule has 1 aromatic carbocycles. The van der Waals surface area contributed by atoms with Crippen LogP contribution in [0.1, 0.15) is 68.7 Å². The molecular weight excluding hydrogens is 514 g/mol. The number of ether oxygens (including phenoxy) is 1. The number of halogens is 1. The van der Waals surface area contributed by atoms with Gasteiger partial charge in [-0.25, -0.2) is 9.97 Å². The van der Waals surface area contributed by atoms with E-state index in [0.29, 0.717) is 47.1 Å². The van der Waals surface area contributed by atoms with Crippen molar-refractivity contribution < 1.29 is 14.6 Å². The van der Waals surface area contributed by atoms with Crippen LogP contribution >= 0.6 is 11.6 Å². The lowest BCUT2D eigenvalue weighted by atomic mass is 9.49. The molecular formula is C30H36ClN5O3. The largest absolute Gasteiger partial charge is 0.489 e. The molecule has 39 heavy (non-hydrogen) atoms. The zero-order valence-electron chi connectivity index (χ0n) is 23.0. The molecule has 0 bridgehead atoms. The number of benzene rings is 1. The van der Waals surface area contributed by atoms with Gasteiger partial charge in [-0.2, -0.15) is 5.26 Å². The van der Waals surface area contributed by atoms with Crippen molar-refractivity contribution in [2.75, 3.05) is 19.6 Å². The Morgan fingerprint density at radius 2 is 1.85 bits per heavy atom. The molecule has 0 spiro atoms. The Labute approximate surface area is 235 Å². The van der Waals surface area contributed by atoms with Gasteiger partial charge in [0.15, 0.2) is 0 Å². The van der Waals surface area contributed by atoms with Crippen molar-refractivity contribution in [3.05, 3.63) is 52.6 Å². The van der Waals surface area contributed by atoms with Crippen molar-refractivity contribution >= 4 is 17.5 Å². The first-order valence-electron chi connectivity index (χ1n) is 13.4. The van der Waals surface area contributed by atoms with Crippen LogP contribution in [0, 0.1) is 34.0 Å². The maximum Gasteiger partial charge on any atom is 0.254 e. The van der Waals surface area contributed by atoms with E-state index in [1.54, 1.807) is 30.6 Å². The summed E-state index contributed by atoms with van der Waals surface area (Å²) >= 11 is 6.18. The van der Waals surface area contributed by atoms with Crippen LogP contribution in [-0.2, 0) is 6.42 Å². The SMILES string of the molecule is CC1(C)C(NC(=O)c2cnc(CCC#CCN3CCC(O)CC3)nc2)C(C)(C)C1Oc1ccc(C#N)c(Cl)c1. The summed E-state index contributed by atoms with van der Waals surface area (Å²) in [7, 11) is 0. The molecule has 8 nitrogen and oxygen atoms in total. The van der Waals surface area contributed by atoms with E-state index in [0.717, 1.165) is 25.9 Å². The monoisotopic (exact) mass is 549 g/mol. The van der Waals surface area contributed by atoms with E-state index in [4.69, 9.17) is 21.6 Å². The normalized spacial score (nSPS) is 22.1. The van der Waals surface area contributed by atoms with Crippen LogP contribution in [0.4, 0.5) is 0 Å². The maximum absolute atomic E-state index is 13.1. The highest BCUT2D eigenvalue weighted by Gasteiger charge is 2.64. The van der Waals surface area contributed by atoms with Crippen molar-refractivity contribution in [1.29, 1.82) is 5.26 Å². The first-order chi connectivity index (χ1) is 18.5. The summed E-state index contributed by atoms with van der Waals surface area (Å²) in [5, 5.41) is 22.2. The lowest BCUT2D eigenvalue weighted by Crippen LogP contribution is -2.74. The molecule has 1 aliphatic heterocycles. The van der Waals surface area contributed by atoms with E-state index in [1.807, 2.05) is 0 Å². The van der Waals surface area contributed by atoms with Crippen molar-refractivity contribution in [2.45, 2.75) is 71.6 Å². The number of hydrogen-bond donors (Lipinski definition) is 2. The third-order valence-electron chi connectivity index (χ3n) is 7.86. The van der Waals surface area contributed by atoms with Gasteiger partial charge in [0.25, 0.3) is 5.91 Å². The molecule has 2 aliphatic rings. The number of nitriles is 1. The summed E-state index contributed by atoms with van der Waals surface area (Å²) in [4.78, 5) is 24.1. The third-order valence-corrected chi connectivity index (χ3v) is 8.17. The number of aryl methyl sites for hydroxylation is 1. The molecule has 1 saturated heterocycles. The molecule has 206 valence electrons. The van der Waals surface area contributed by atoms with E-state index in [2.05, 4.69) is 65.8 Å². The van der Waals surface area contributed by atoms with Crippen LogP contribution in [0.5, 0.6) is 5.75 Å². The second-order valence-corrected chi connectivity index (χ2v) is 12.0. The van der Waals surface area contributed by atoms with Gasteiger partial charge in [-0.3, -0.25) is 9.69 Å². The van der Waals surface area contributed by atoms with Gasteiger partial charge in [0.1, 0.15) is 23.7 Å². The number of carbonyl (C=O) groups is 1. The molecule has 2 heterocycles. The molecule has 9 heteroatoms. The molecule has 2 N–H and O–H groups in total. The van der Waals surface area contributed by atoms with Gasteiger partial charge >= 0.3 is 0 Å². The molecule has 0 radical (unpaired) electrons. The highest BCUT2D eigenvalue weighted by Crippen LogP contribution is 2.55. The summed E-state index contributed by atoms with van der Waals surface area (Å²) in [6.07, 6.45) is 5.67. The number of nitrogens with one attached hydrogen (secondary N) is 1. The summed E-state index contributed by atoms with van der Waals surface area (Å²) in [5.41, 5.74) is 0.101. The van der Waals surface area contributed by atoms with Gasteiger partial charge in [0.05, 0.1) is 28.8 Å².